The molecule has 2 unspecified atom stereocenters. The minimum absolute atomic E-state index is 0.00224. The monoisotopic (exact) mass is 1010 g/mol. The van der Waals surface area contributed by atoms with Crippen molar-refractivity contribution in [2.24, 2.45) is 0 Å². The molecule has 0 rings (SSSR count). The molecule has 424 valence electrons. The zero-order valence-corrected chi connectivity index (χ0v) is 48.4. The molecule has 0 bridgehead atoms. The maximum Gasteiger partial charge on any atom is 0.305 e. The lowest BCUT2D eigenvalue weighted by Crippen LogP contribution is -2.45. The van der Waals surface area contributed by atoms with Crippen molar-refractivity contribution in [2.75, 3.05) is 13.2 Å². The lowest BCUT2D eigenvalue weighted by Gasteiger charge is -2.20. The highest BCUT2D eigenvalue weighted by Crippen LogP contribution is 2.18. The maximum absolute atomic E-state index is 12.5. The first-order chi connectivity index (χ1) is 35.5. The first-order valence-electron chi connectivity index (χ1n) is 32.3. The molecule has 6 heteroatoms. The van der Waals surface area contributed by atoms with Crippen LogP contribution in [0.3, 0.4) is 0 Å². The molecule has 0 radical (unpaired) electrons. The van der Waals surface area contributed by atoms with Crippen LogP contribution in [0.4, 0.5) is 0 Å². The number of unbranched alkanes of at least 4 members (excludes halogenated alkanes) is 45. The van der Waals surface area contributed by atoms with Gasteiger partial charge in [-0.25, -0.2) is 0 Å². The Hall–Kier alpha value is -1.92. The summed E-state index contributed by atoms with van der Waals surface area (Å²) in [4.78, 5) is 24.5. The predicted molar refractivity (Wildman–Crippen MR) is 315 cm³/mol. The van der Waals surface area contributed by atoms with Gasteiger partial charge in [0.25, 0.3) is 0 Å². The SMILES string of the molecule is CCCC/C=C\C/C=C\CCCCCCCC(=O)OCCCCCCCCCCCCCCCCCCCCCCCCCCCCC(=O)NC(CO)C(O)/C=C/CCCCCCCCCCCCCCC. The molecule has 72 heavy (non-hydrogen) atoms. The van der Waals surface area contributed by atoms with E-state index < -0.39 is 12.1 Å². The molecule has 0 saturated carbocycles. The van der Waals surface area contributed by atoms with Gasteiger partial charge in [0, 0.05) is 12.8 Å². The summed E-state index contributed by atoms with van der Waals surface area (Å²) in [5, 5.41) is 23.1. The fourth-order valence-electron chi connectivity index (χ4n) is 9.95. The number of hydrogen-bond donors (Lipinski definition) is 3. The Bertz CT molecular complexity index is 1170. The van der Waals surface area contributed by atoms with Crippen LogP contribution in [0.25, 0.3) is 0 Å². The second-order valence-electron chi connectivity index (χ2n) is 22.1. The summed E-state index contributed by atoms with van der Waals surface area (Å²) < 4.78 is 5.48. The van der Waals surface area contributed by atoms with Crippen LogP contribution in [0, 0.1) is 0 Å². The molecule has 0 fully saturated rings. The summed E-state index contributed by atoms with van der Waals surface area (Å²) in [6, 6.07) is -0.626. The Kier molecular flexibility index (Phi) is 60.0. The van der Waals surface area contributed by atoms with Gasteiger partial charge >= 0.3 is 5.97 Å². The topological polar surface area (TPSA) is 95.9 Å². The lowest BCUT2D eigenvalue weighted by atomic mass is 10.0. The molecule has 0 spiro atoms. The number of allylic oxidation sites excluding steroid dienone is 5. The zero-order chi connectivity index (χ0) is 52.2. The minimum atomic E-state index is -0.843. The quantitative estimate of drug-likeness (QED) is 0.0320. The van der Waals surface area contributed by atoms with Gasteiger partial charge in [0.1, 0.15) is 0 Å². The van der Waals surface area contributed by atoms with Crippen molar-refractivity contribution in [1.29, 1.82) is 0 Å². The van der Waals surface area contributed by atoms with Crippen molar-refractivity contribution in [3.63, 3.8) is 0 Å². The minimum Gasteiger partial charge on any atom is -0.466 e. The molecule has 0 aliphatic rings. The third-order valence-electron chi connectivity index (χ3n) is 14.9. The number of carbonyl (C=O) groups excluding carboxylic acids is 2. The van der Waals surface area contributed by atoms with E-state index in [1.807, 2.05) is 6.08 Å². The van der Waals surface area contributed by atoms with Crippen LogP contribution in [0.2, 0.25) is 0 Å². The molecular weight excluding hydrogens is 887 g/mol. The van der Waals surface area contributed by atoms with Gasteiger partial charge in [0.15, 0.2) is 0 Å². The highest BCUT2D eigenvalue weighted by atomic mass is 16.5. The van der Waals surface area contributed by atoms with E-state index in [4.69, 9.17) is 4.74 Å². The Morgan fingerprint density at radius 1 is 0.389 bits per heavy atom. The molecule has 0 aromatic rings. The van der Waals surface area contributed by atoms with Crippen LogP contribution in [0.5, 0.6) is 0 Å². The lowest BCUT2D eigenvalue weighted by molar-refractivity contribution is -0.143. The van der Waals surface area contributed by atoms with Crippen LogP contribution < -0.4 is 5.32 Å². The van der Waals surface area contributed by atoms with Crippen molar-refractivity contribution in [3.05, 3.63) is 36.5 Å². The van der Waals surface area contributed by atoms with Crippen molar-refractivity contribution in [1.82, 2.24) is 5.32 Å². The molecular formula is C66H125NO5. The molecule has 0 aliphatic heterocycles. The summed E-state index contributed by atoms with van der Waals surface area (Å²) in [6.45, 7) is 4.88. The van der Waals surface area contributed by atoms with Crippen LogP contribution in [0.1, 0.15) is 348 Å². The van der Waals surface area contributed by atoms with E-state index in [1.165, 1.54) is 270 Å². The van der Waals surface area contributed by atoms with Gasteiger partial charge in [-0.1, -0.05) is 314 Å². The highest BCUT2D eigenvalue weighted by molar-refractivity contribution is 5.76. The van der Waals surface area contributed by atoms with Crippen molar-refractivity contribution >= 4 is 11.9 Å². The van der Waals surface area contributed by atoms with Gasteiger partial charge < -0.3 is 20.3 Å². The van der Waals surface area contributed by atoms with Gasteiger partial charge in [-0.2, -0.15) is 0 Å². The molecule has 0 saturated heterocycles. The van der Waals surface area contributed by atoms with Crippen LogP contribution in [-0.4, -0.2) is 47.4 Å². The van der Waals surface area contributed by atoms with Gasteiger partial charge in [0.05, 0.1) is 25.4 Å². The van der Waals surface area contributed by atoms with E-state index in [1.54, 1.807) is 6.08 Å². The summed E-state index contributed by atoms with van der Waals surface area (Å²) in [5.74, 6) is -0.0621. The van der Waals surface area contributed by atoms with Crippen LogP contribution in [-0.2, 0) is 14.3 Å². The van der Waals surface area contributed by atoms with Gasteiger partial charge in [0.2, 0.25) is 5.91 Å². The number of aliphatic hydroxyl groups excluding tert-OH is 2. The first-order valence-corrected chi connectivity index (χ1v) is 32.3. The molecule has 0 heterocycles. The third-order valence-corrected chi connectivity index (χ3v) is 14.9. The van der Waals surface area contributed by atoms with Gasteiger partial charge in [-0.15, -0.1) is 0 Å². The molecule has 2 atom stereocenters. The van der Waals surface area contributed by atoms with E-state index in [2.05, 4.69) is 43.5 Å². The summed E-state index contributed by atoms with van der Waals surface area (Å²) in [7, 11) is 0. The van der Waals surface area contributed by atoms with Gasteiger partial charge in [-0.3, -0.25) is 9.59 Å². The van der Waals surface area contributed by atoms with E-state index in [9.17, 15) is 19.8 Å². The summed E-state index contributed by atoms with van der Waals surface area (Å²) >= 11 is 0. The van der Waals surface area contributed by atoms with E-state index >= 15 is 0 Å². The average Bonchev–Trinajstić information content (AvgIpc) is 3.38. The average molecular weight is 1010 g/mol. The molecule has 0 aliphatic carbocycles. The highest BCUT2D eigenvalue weighted by Gasteiger charge is 2.18. The third kappa shape index (κ3) is 57.4. The van der Waals surface area contributed by atoms with Crippen molar-refractivity contribution < 1.29 is 24.5 Å². The van der Waals surface area contributed by atoms with Crippen molar-refractivity contribution in [3.8, 4) is 0 Å². The number of carbonyl (C=O) groups is 2. The van der Waals surface area contributed by atoms with Crippen LogP contribution in [0.15, 0.2) is 36.5 Å². The molecule has 0 aromatic heterocycles. The standard InChI is InChI=1S/C66H125NO5/c1-3-5-7-9-11-13-15-17-31-34-38-42-46-50-54-58-64(69)63(62-68)67-65(70)59-55-51-47-43-39-35-32-29-27-25-23-21-19-20-22-24-26-28-30-33-37-41-45-49-53-57-61-72-66(71)60-56-52-48-44-40-36-18-16-14-12-10-8-6-4-2/h10,12,16,18,54,58,63-64,68-69H,3-9,11,13-15,17,19-53,55-57,59-62H2,1-2H3,(H,67,70)/b12-10-,18-16-,58-54+. The van der Waals surface area contributed by atoms with Crippen molar-refractivity contribution in [2.45, 2.75) is 360 Å². The Balaban J connectivity index is 3.37. The maximum atomic E-state index is 12.5. The van der Waals surface area contributed by atoms with Crippen LogP contribution >= 0.6 is 0 Å². The number of ether oxygens (including phenoxy) is 1. The second kappa shape index (κ2) is 61.6. The van der Waals surface area contributed by atoms with E-state index in [-0.39, 0.29) is 18.5 Å². The molecule has 6 nitrogen and oxygen atoms in total. The van der Waals surface area contributed by atoms with Gasteiger partial charge in [-0.05, 0) is 57.8 Å². The van der Waals surface area contributed by atoms with E-state index in [0.29, 0.717) is 19.4 Å². The number of aliphatic hydroxyl groups is 2. The fourth-order valence-corrected chi connectivity index (χ4v) is 9.95. The molecule has 1 amide bonds. The number of nitrogens with one attached hydrogen (secondary N) is 1. The zero-order valence-electron chi connectivity index (χ0n) is 48.4. The Morgan fingerprint density at radius 3 is 1.10 bits per heavy atom. The first kappa shape index (κ1) is 70.1. The summed E-state index contributed by atoms with van der Waals surface area (Å²) in [5.41, 5.74) is 0. The number of rotatable bonds is 60. The smallest absolute Gasteiger partial charge is 0.305 e. The molecule has 0 aromatic carbocycles. The fraction of sp³-hybridized carbons (Fsp3) is 0.879. The molecule has 3 N–H and O–H groups in total. The second-order valence-corrected chi connectivity index (χ2v) is 22.1. The predicted octanol–water partition coefficient (Wildman–Crippen LogP) is 20.4. The number of hydrogen-bond acceptors (Lipinski definition) is 5. The summed E-state index contributed by atoms with van der Waals surface area (Å²) in [6.07, 6.45) is 77.7. The Labute approximate surface area is 449 Å². The normalized spacial score (nSPS) is 12.8. The largest absolute Gasteiger partial charge is 0.466 e. The van der Waals surface area contributed by atoms with E-state index in [0.717, 1.165) is 51.4 Å². The Morgan fingerprint density at radius 2 is 0.708 bits per heavy atom. The number of esters is 1. The number of amides is 1.